The highest BCUT2D eigenvalue weighted by Crippen LogP contribution is 2.07. The van der Waals surface area contributed by atoms with Crippen molar-refractivity contribution in [2.24, 2.45) is 5.92 Å². The van der Waals surface area contributed by atoms with Crippen LogP contribution in [0.2, 0.25) is 0 Å². The number of hydrogen-bond acceptors (Lipinski definition) is 5. The highest BCUT2D eigenvalue weighted by atomic mass is 16.2. The van der Waals surface area contributed by atoms with Crippen LogP contribution in [0, 0.1) is 17.2 Å². The third kappa shape index (κ3) is 4.54. The number of nitriles is 1. The second-order valence-corrected chi connectivity index (χ2v) is 4.59. The number of amides is 1. The molecule has 1 aromatic heterocycles. The van der Waals surface area contributed by atoms with Gasteiger partial charge in [-0.1, -0.05) is 13.8 Å². The lowest BCUT2D eigenvalue weighted by molar-refractivity contribution is 0.0733. The molecule has 6 heteroatoms. The van der Waals surface area contributed by atoms with Gasteiger partial charge < -0.3 is 10.2 Å². The van der Waals surface area contributed by atoms with Gasteiger partial charge in [-0.2, -0.15) is 5.26 Å². The molecule has 1 N–H and O–H groups in total. The van der Waals surface area contributed by atoms with Crippen molar-refractivity contribution < 1.29 is 4.79 Å². The van der Waals surface area contributed by atoms with Crippen LogP contribution in [0.3, 0.4) is 0 Å². The Labute approximate surface area is 113 Å². The molecule has 1 amide bonds. The molecule has 1 rings (SSSR count). The van der Waals surface area contributed by atoms with Crippen molar-refractivity contribution in [2.75, 3.05) is 25.5 Å². The van der Waals surface area contributed by atoms with Crippen molar-refractivity contribution in [3.8, 4) is 6.07 Å². The zero-order chi connectivity index (χ0) is 14.3. The minimum atomic E-state index is -0.181. The quantitative estimate of drug-likeness (QED) is 0.839. The molecular weight excluding hydrogens is 242 g/mol. The average Bonchev–Trinajstić information content (AvgIpc) is 2.42. The number of hydrogen-bond donors (Lipinski definition) is 1. The van der Waals surface area contributed by atoms with Crippen molar-refractivity contribution in [3.63, 3.8) is 0 Å². The smallest absolute Gasteiger partial charge is 0.274 e. The predicted octanol–water partition coefficient (Wildman–Crippen LogP) is 1.53. The molecule has 1 aromatic rings. The molecule has 0 spiro atoms. The van der Waals surface area contributed by atoms with Crippen molar-refractivity contribution in [1.82, 2.24) is 14.9 Å². The van der Waals surface area contributed by atoms with Gasteiger partial charge in [-0.05, 0) is 5.92 Å². The Kier molecular flexibility index (Phi) is 5.73. The number of carbonyl (C=O) groups is 1. The van der Waals surface area contributed by atoms with Crippen LogP contribution in [0.1, 0.15) is 30.8 Å². The van der Waals surface area contributed by atoms with Crippen LogP contribution in [0.4, 0.5) is 5.82 Å². The van der Waals surface area contributed by atoms with Crippen molar-refractivity contribution in [1.29, 1.82) is 5.26 Å². The van der Waals surface area contributed by atoms with Gasteiger partial charge in [-0.15, -0.1) is 0 Å². The molecule has 0 radical (unpaired) electrons. The van der Waals surface area contributed by atoms with Crippen LogP contribution >= 0.6 is 0 Å². The maximum Gasteiger partial charge on any atom is 0.274 e. The monoisotopic (exact) mass is 261 g/mol. The van der Waals surface area contributed by atoms with E-state index < -0.39 is 0 Å². The Balaban J connectivity index is 2.81. The van der Waals surface area contributed by atoms with E-state index in [9.17, 15) is 4.79 Å². The van der Waals surface area contributed by atoms with Crippen molar-refractivity contribution in [3.05, 3.63) is 18.1 Å². The standard InChI is InChI=1S/C13H19N5O/c1-10(2)9-18(6-4-5-14)13(19)11-7-17-12(15-3)8-16-11/h7-8,10H,4,6,9H2,1-3H3,(H,15,17). The summed E-state index contributed by atoms with van der Waals surface area (Å²) in [7, 11) is 1.74. The number of rotatable bonds is 6. The minimum absolute atomic E-state index is 0.181. The van der Waals surface area contributed by atoms with Crippen LogP contribution in [0.5, 0.6) is 0 Å². The summed E-state index contributed by atoms with van der Waals surface area (Å²) in [5, 5.41) is 11.5. The molecular formula is C13H19N5O. The zero-order valence-corrected chi connectivity index (χ0v) is 11.6. The molecule has 19 heavy (non-hydrogen) atoms. The molecule has 0 aliphatic rings. The van der Waals surface area contributed by atoms with Crippen LogP contribution < -0.4 is 5.32 Å². The summed E-state index contributed by atoms with van der Waals surface area (Å²) in [6.07, 6.45) is 3.29. The molecule has 0 aromatic carbocycles. The molecule has 0 bridgehead atoms. The Morgan fingerprint density at radius 2 is 2.21 bits per heavy atom. The van der Waals surface area contributed by atoms with Crippen molar-refractivity contribution in [2.45, 2.75) is 20.3 Å². The van der Waals surface area contributed by atoms with Crippen molar-refractivity contribution >= 4 is 11.7 Å². The van der Waals surface area contributed by atoms with Gasteiger partial charge in [0, 0.05) is 20.1 Å². The van der Waals surface area contributed by atoms with Crippen LogP contribution in [0.25, 0.3) is 0 Å². The summed E-state index contributed by atoms with van der Waals surface area (Å²) in [5.41, 5.74) is 0.303. The number of anilines is 1. The highest BCUT2D eigenvalue weighted by Gasteiger charge is 2.18. The first-order valence-electron chi connectivity index (χ1n) is 6.24. The number of nitrogens with one attached hydrogen (secondary N) is 1. The van der Waals surface area contributed by atoms with Gasteiger partial charge in [0.05, 0.1) is 24.9 Å². The summed E-state index contributed by atoms with van der Waals surface area (Å²) in [6, 6.07) is 2.06. The first kappa shape index (κ1) is 14.9. The molecule has 0 aliphatic heterocycles. The summed E-state index contributed by atoms with van der Waals surface area (Å²) in [4.78, 5) is 22.1. The Morgan fingerprint density at radius 1 is 1.47 bits per heavy atom. The first-order chi connectivity index (χ1) is 9.08. The second kappa shape index (κ2) is 7.31. The zero-order valence-electron chi connectivity index (χ0n) is 11.6. The maximum atomic E-state index is 12.3. The predicted molar refractivity (Wildman–Crippen MR) is 72.6 cm³/mol. The van der Waals surface area contributed by atoms with Gasteiger partial charge in [-0.3, -0.25) is 4.79 Å². The van der Waals surface area contributed by atoms with E-state index in [1.807, 2.05) is 13.8 Å². The maximum absolute atomic E-state index is 12.3. The fourth-order valence-electron chi connectivity index (χ4n) is 1.63. The third-order valence-electron chi connectivity index (χ3n) is 2.49. The fraction of sp³-hybridized carbons (Fsp3) is 0.538. The summed E-state index contributed by atoms with van der Waals surface area (Å²) >= 11 is 0. The van der Waals surface area contributed by atoms with E-state index in [-0.39, 0.29) is 5.91 Å². The van der Waals surface area contributed by atoms with Gasteiger partial charge >= 0.3 is 0 Å². The highest BCUT2D eigenvalue weighted by molar-refractivity contribution is 5.92. The SMILES string of the molecule is CNc1cnc(C(=O)N(CCC#N)CC(C)C)cn1. The minimum Gasteiger partial charge on any atom is -0.372 e. The summed E-state index contributed by atoms with van der Waals surface area (Å²) in [6.45, 7) is 5.09. The second-order valence-electron chi connectivity index (χ2n) is 4.59. The van der Waals surface area contributed by atoms with E-state index in [4.69, 9.17) is 5.26 Å². The summed E-state index contributed by atoms with van der Waals surface area (Å²) in [5.74, 6) is 0.773. The lowest BCUT2D eigenvalue weighted by Crippen LogP contribution is -2.35. The number of aromatic nitrogens is 2. The van der Waals surface area contributed by atoms with Gasteiger partial charge in [0.15, 0.2) is 0 Å². The number of carbonyl (C=O) groups excluding carboxylic acids is 1. The van der Waals surface area contributed by atoms with E-state index in [0.29, 0.717) is 36.9 Å². The van der Waals surface area contributed by atoms with Crippen LogP contribution in [-0.2, 0) is 0 Å². The first-order valence-corrected chi connectivity index (χ1v) is 6.24. The normalized spacial score (nSPS) is 10.1. The van der Waals surface area contributed by atoms with Gasteiger partial charge in [0.25, 0.3) is 5.91 Å². The largest absolute Gasteiger partial charge is 0.372 e. The van der Waals surface area contributed by atoms with E-state index in [1.54, 1.807) is 11.9 Å². The van der Waals surface area contributed by atoms with Gasteiger partial charge in [0.1, 0.15) is 11.5 Å². The molecule has 0 saturated carbocycles. The Bertz CT molecular complexity index is 449. The number of nitrogens with zero attached hydrogens (tertiary/aromatic N) is 4. The molecule has 0 aliphatic carbocycles. The van der Waals surface area contributed by atoms with E-state index in [2.05, 4.69) is 21.4 Å². The Morgan fingerprint density at radius 3 is 2.68 bits per heavy atom. The molecule has 0 fully saturated rings. The molecule has 0 atom stereocenters. The van der Waals surface area contributed by atoms with Gasteiger partial charge in [-0.25, -0.2) is 9.97 Å². The van der Waals surface area contributed by atoms with Crippen LogP contribution in [-0.4, -0.2) is 40.9 Å². The lowest BCUT2D eigenvalue weighted by Gasteiger charge is -2.23. The lowest BCUT2D eigenvalue weighted by atomic mass is 10.2. The Hall–Kier alpha value is -2.16. The third-order valence-corrected chi connectivity index (χ3v) is 2.49. The van der Waals surface area contributed by atoms with E-state index in [0.717, 1.165) is 0 Å². The van der Waals surface area contributed by atoms with E-state index in [1.165, 1.54) is 12.4 Å². The topological polar surface area (TPSA) is 81.9 Å². The molecule has 0 unspecified atom stereocenters. The molecule has 1 heterocycles. The molecule has 6 nitrogen and oxygen atoms in total. The van der Waals surface area contributed by atoms with Crippen LogP contribution in [0.15, 0.2) is 12.4 Å². The van der Waals surface area contributed by atoms with E-state index >= 15 is 0 Å². The van der Waals surface area contributed by atoms with Gasteiger partial charge in [0.2, 0.25) is 0 Å². The summed E-state index contributed by atoms with van der Waals surface area (Å²) < 4.78 is 0. The fourth-order valence-corrected chi connectivity index (χ4v) is 1.63. The average molecular weight is 261 g/mol. The molecule has 0 saturated heterocycles. The molecule has 102 valence electrons.